The van der Waals surface area contributed by atoms with Crippen LogP contribution in [0.25, 0.3) is 0 Å². The molecule has 0 aliphatic heterocycles. The first-order valence-corrected chi connectivity index (χ1v) is 6.27. The van der Waals surface area contributed by atoms with Gasteiger partial charge in [0.15, 0.2) is 4.77 Å². The molecule has 0 aliphatic rings. The summed E-state index contributed by atoms with van der Waals surface area (Å²) in [5.41, 5.74) is 1.14. The van der Waals surface area contributed by atoms with Crippen LogP contribution in [0.2, 0.25) is 0 Å². The highest BCUT2D eigenvalue weighted by atomic mass is 32.1. The first-order chi connectivity index (χ1) is 8.59. The molecule has 2 rings (SSSR count). The van der Waals surface area contributed by atoms with Crippen molar-refractivity contribution in [2.45, 2.75) is 26.4 Å². The van der Waals surface area contributed by atoms with Gasteiger partial charge in [0.05, 0.1) is 0 Å². The molecule has 1 N–H and O–H groups in total. The quantitative estimate of drug-likeness (QED) is 0.861. The van der Waals surface area contributed by atoms with Crippen molar-refractivity contribution in [2.75, 3.05) is 11.9 Å². The minimum absolute atomic E-state index is 0.280. The molecule has 2 heterocycles. The van der Waals surface area contributed by atoms with Gasteiger partial charge in [0, 0.05) is 32.0 Å². The van der Waals surface area contributed by atoms with E-state index < -0.39 is 0 Å². The monoisotopic (exact) mass is 263 g/mol. The minimum atomic E-state index is 0.280. The molecular formula is C12H17N5S. The summed E-state index contributed by atoms with van der Waals surface area (Å²) in [5, 5.41) is 7.13. The lowest BCUT2D eigenvalue weighted by molar-refractivity contribution is 0.583. The standard InChI is InChI=1S/C12H17N5S/c1-9(2)17-11(14-15-12(17)18)16(3)8-10-5-4-6-13-7-10/h4-7,9H,8H2,1-3H3,(H,15,18). The highest BCUT2D eigenvalue weighted by Gasteiger charge is 2.13. The zero-order valence-electron chi connectivity index (χ0n) is 10.8. The van der Waals surface area contributed by atoms with Crippen molar-refractivity contribution in [2.24, 2.45) is 0 Å². The van der Waals surface area contributed by atoms with Crippen LogP contribution < -0.4 is 4.90 Å². The molecule has 0 aromatic carbocycles. The average Bonchev–Trinajstić information content (AvgIpc) is 2.72. The van der Waals surface area contributed by atoms with Gasteiger partial charge in [-0.25, -0.2) is 5.10 Å². The van der Waals surface area contributed by atoms with Gasteiger partial charge in [-0.1, -0.05) is 6.07 Å². The van der Waals surface area contributed by atoms with Crippen molar-refractivity contribution in [3.63, 3.8) is 0 Å². The predicted molar refractivity (Wildman–Crippen MR) is 74.1 cm³/mol. The van der Waals surface area contributed by atoms with E-state index in [1.54, 1.807) is 6.20 Å². The van der Waals surface area contributed by atoms with Gasteiger partial charge in [0.25, 0.3) is 0 Å². The van der Waals surface area contributed by atoms with Crippen LogP contribution in [-0.2, 0) is 6.54 Å². The highest BCUT2D eigenvalue weighted by molar-refractivity contribution is 7.71. The molecule has 0 bridgehead atoms. The second-order valence-electron chi connectivity index (χ2n) is 4.51. The van der Waals surface area contributed by atoms with Gasteiger partial charge in [-0.05, 0) is 37.7 Å². The summed E-state index contributed by atoms with van der Waals surface area (Å²) in [4.78, 5) is 6.17. The maximum atomic E-state index is 5.24. The molecule has 0 saturated heterocycles. The molecule has 0 amide bonds. The van der Waals surface area contributed by atoms with Gasteiger partial charge < -0.3 is 4.90 Å². The van der Waals surface area contributed by atoms with Crippen molar-refractivity contribution in [1.82, 2.24) is 19.7 Å². The topological polar surface area (TPSA) is 49.7 Å². The number of aromatic amines is 1. The smallest absolute Gasteiger partial charge is 0.226 e. The molecule has 5 nitrogen and oxygen atoms in total. The van der Waals surface area contributed by atoms with E-state index in [-0.39, 0.29) is 6.04 Å². The number of nitrogens with one attached hydrogen (secondary N) is 1. The van der Waals surface area contributed by atoms with E-state index in [4.69, 9.17) is 12.2 Å². The lowest BCUT2D eigenvalue weighted by atomic mass is 10.3. The van der Waals surface area contributed by atoms with Crippen LogP contribution in [0, 0.1) is 4.77 Å². The third-order valence-corrected chi connectivity index (χ3v) is 2.97. The zero-order chi connectivity index (χ0) is 13.1. The molecule has 0 unspecified atom stereocenters. The molecule has 0 radical (unpaired) electrons. The largest absolute Gasteiger partial charge is 0.340 e. The third kappa shape index (κ3) is 2.59. The molecule has 2 aromatic heterocycles. The molecule has 96 valence electrons. The Labute approximate surface area is 111 Å². The Morgan fingerprint density at radius 2 is 2.28 bits per heavy atom. The lowest BCUT2D eigenvalue weighted by Gasteiger charge is -2.20. The molecule has 0 atom stereocenters. The van der Waals surface area contributed by atoms with E-state index in [9.17, 15) is 0 Å². The van der Waals surface area contributed by atoms with Gasteiger partial charge in [-0.15, -0.1) is 5.10 Å². The Morgan fingerprint density at radius 1 is 1.50 bits per heavy atom. The van der Waals surface area contributed by atoms with Crippen LogP contribution in [-0.4, -0.2) is 26.8 Å². The van der Waals surface area contributed by atoms with E-state index in [1.807, 2.05) is 29.9 Å². The summed E-state index contributed by atoms with van der Waals surface area (Å²) in [7, 11) is 2.00. The Balaban J connectivity index is 2.24. The first-order valence-electron chi connectivity index (χ1n) is 5.86. The second kappa shape index (κ2) is 5.30. The minimum Gasteiger partial charge on any atom is -0.340 e. The van der Waals surface area contributed by atoms with Crippen molar-refractivity contribution in [3.05, 3.63) is 34.9 Å². The number of aromatic nitrogens is 4. The fourth-order valence-corrected chi connectivity index (χ4v) is 2.21. The number of hydrogen-bond donors (Lipinski definition) is 1. The van der Waals surface area contributed by atoms with E-state index >= 15 is 0 Å². The second-order valence-corrected chi connectivity index (χ2v) is 4.90. The van der Waals surface area contributed by atoms with E-state index in [1.165, 1.54) is 0 Å². The number of pyridine rings is 1. The van der Waals surface area contributed by atoms with Gasteiger partial charge in [-0.2, -0.15) is 0 Å². The fourth-order valence-electron chi connectivity index (χ4n) is 1.87. The zero-order valence-corrected chi connectivity index (χ0v) is 11.6. The third-order valence-electron chi connectivity index (χ3n) is 2.69. The Kier molecular flexibility index (Phi) is 3.76. The van der Waals surface area contributed by atoms with Crippen LogP contribution in [0.1, 0.15) is 25.5 Å². The summed E-state index contributed by atoms with van der Waals surface area (Å²) in [5.74, 6) is 0.846. The molecule has 2 aromatic rings. The maximum Gasteiger partial charge on any atom is 0.226 e. The van der Waals surface area contributed by atoms with Crippen LogP contribution in [0.15, 0.2) is 24.5 Å². The molecular weight excluding hydrogens is 246 g/mol. The summed E-state index contributed by atoms with van der Waals surface area (Å²) in [6, 6.07) is 4.26. The number of H-pyrrole nitrogens is 1. The Hall–Kier alpha value is -1.69. The molecule has 0 spiro atoms. The first kappa shape index (κ1) is 12.8. The van der Waals surface area contributed by atoms with Crippen LogP contribution in [0.5, 0.6) is 0 Å². The summed E-state index contributed by atoms with van der Waals surface area (Å²) in [6.07, 6.45) is 3.63. The van der Waals surface area contributed by atoms with E-state index in [0.717, 1.165) is 18.1 Å². The van der Waals surface area contributed by atoms with Crippen molar-refractivity contribution in [3.8, 4) is 0 Å². The molecule has 18 heavy (non-hydrogen) atoms. The van der Waals surface area contributed by atoms with Crippen molar-refractivity contribution in [1.29, 1.82) is 0 Å². The van der Waals surface area contributed by atoms with Gasteiger partial charge in [0.1, 0.15) is 0 Å². The van der Waals surface area contributed by atoms with Gasteiger partial charge in [-0.3, -0.25) is 9.55 Å². The average molecular weight is 263 g/mol. The van der Waals surface area contributed by atoms with Crippen molar-refractivity contribution >= 4 is 18.2 Å². The maximum absolute atomic E-state index is 5.24. The SMILES string of the molecule is CC(C)n1c(N(C)Cc2cccnc2)n[nH]c1=S. The summed E-state index contributed by atoms with van der Waals surface area (Å²) in [6.45, 7) is 4.93. The number of hydrogen-bond acceptors (Lipinski definition) is 4. The lowest BCUT2D eigenvalue weighted by Crippen LogP contribution is -2.21. The normalized spacial score (nSPS) is 10.9. The van der Waals surface area contributed by atoms with Crippen molar-refractivity contribution < 1.29 is 0 Å². The Morgan fingerprint density at radius 3 is 2.89 bits per heavy atom. The molecule has 0 fully saturated rings. The molecule has 0 saturated carbocycles. The number of nitrogens with zero attached hydrogens (tertiary/aromatic N) is 4. The summed E-state index contributed by atoms with van der Waals surface area (Å²) < 4.78 is 2.66. The summed E-state index contributed by atoms with van der Waals surface area (Å²) >= 11 is 5.24. The molecule has 0 aliphatic carbocycles. The molecule has 6 heteroatoms. The Bertz CT molecular complexity index is 557. The predicted octanol–water partition coefficient (Wildman–Crippen LogP) is 2.55. The number of anilines is 1. The number of rotatable bonds is 4. The van der Waals surface area contributed by atoms with Crippen LogP contribution in [0.3, 0.4) is 0 Å². The van der Waals surface area contributed by atoms with Gasteiger partial charge >= 0.3 is 0 Å². The van der Waals surface area contributed by atoms with E-state index in [0.29, 0.717) is 4.77 Å². The highest BCUT2D eigenvalue weighted by Crippen LogP contribution is 2.17. The van der Waals surface area contributed by atoms with Crippen LogP contribution >= 0.6 is 12.2 Å². The van der Waals surface area contributed by atoms with Crippen LogP contribution in [0.4, 0.5) is 5.95 Å². The fraction of sp³-hybridized carbons (Fsp3) is 0.417. The van der Waals surface area contributed by atoms with E-state index in [2.05, 4.69) is 33.9 Å². The van der Waals surface area contributed by atoms with Gasteiger partial charge in [0.2, 0.25) is 5.95 Å².